The quantitative estimate of drug-likeness (QED) is 0.833. The number of anilines is 2. The van der Waals surface area contributed by atoms with Crippen molar-refractivity contribution in [1.82, 2.24) is 4.90 Å². The molecule has 1 aromatic heterocycles. The average molecular weight is 413 g/mol. The number of halogens is 1. The molecule has 1 atom stereocenters. The molecular weight excluding hydrogens is 387 g/mol. The van der Waals surface area contributed by atoms with Gasteiger partial charge in [-0.1, -0.05) is 19.1 Å². The standard InChI is InChI=1S/C22H25FN4OS/c1-15-6-7-16-17(13-24)22(29-20(16)12-15)25-21(28)14-26-8-10-27(11-9-26)19-5-3-2-4-18(19)23/h2-5,15H,6-12,14H2,1H3,(H,25,28)/t15-/m0/s1. The number of benzene rings is 1. The summed E-state index contributed by atoms with van der Waals surface area (Å²) in [5.41, 5.74) is 2.40. The van der Waals surface area contributed by atoms with Gasteiger partial charge in [-0.15, -0.1) is 11.3 Å². The third kappa shape index (κ3) is 4.29. The summed E-state index contributed by atoms with van der Waals surface area (Å²) in [5, 5.41) is 13.3. The molecule has 0 spiro atoms. The monoisotopic (exact) mass is 412 g/mol. The van der Waals surface area contributed by atoms with Crippen LogP contribution in [-0.2, 0) is 17.6 Å². The molecule has 0 unspecified atom stereocenters. The van der Waals surface area contributed by atoms with E-state index in [-0.39, 0.29) is 18.3 Å². The molecule has 4 rings (SSSR count). The number of fused-ring (bicyclic) bond motifs is 1. The van der Waals surface area contributed by atoms with Crippen LogP contribution >= 0.6 is 11.3 Å². The second-order valence-corrected chi connectivity index (χ2v) is 9.04. The normalized spacial score (nSPS) is 19.5. The minimum atomic E-state index is -0.210. The third-order valence-electron chi connectivity index (χ3n) is 5.81. The Kier molecular flexibility index (Phi) is 5.84. The highest BCUT2D eigenvalue weighted by molar-refractivity contribution is 7.16. The predicted molar refractivity (Wildman–Crippen MR) is 114 cm³/mol. The van der Waals surface area contributed by atoms with E-state index in [9.17, 15) is 14.4 Å². The molecule has 1 aliphatic heterocycles. The van der Waals surface area contributed by atoms with E-state index in [1.807, 2.05) is 11.0 Å². The maximum atomic E-state index is 14.0. The lowest BCUT2D eigenvalue weighted by Crippen LogP contribution is -2.48. The zero-order chi connectivity index (χ0) is 20.4. The maximum Gasteiger partial charge on any atom is 0.239 e. The van der Waals surface area contributed by atoms with Crippen molar-refractivity contribution in [1.29, 1.82) is 5.26 Å². The number of para-hydroxylation sites is 1. The molecule has 2 aliphatic rings. The van der Waals surface area contributed by atoms with Crippen LogP contribution in [0, 0.1) is 23.1 Å². The van der Waals surface area contributed by atoms with E-state index >= 15 is 0 Å². The lowest BCUT2D eigenvalue weighted by Gasteiger charge is -2.35. The Bertz CT molecular complexity index is 943. The van der Waals surface area contributed by atoms with Gasteiger partial charge in [0.2, 0.25) is 5.91 Å². The van der Waals surface area contributed by atoms with Crippen molar-refractivity contribution in [2.24, 2.45) is 5.92 Å². The van der Waals surface area contributed by atoms with Crippen LogP contribution < -0.4 is 10.2 Å². The Balaban J connectivity index is 1.34. The number of nitriles is 1. The summed E-state index contributed by atoms with van der Waals surface area (Å²) in [7, 11) is 0. The third-order valence-corrected chi connectivity index (χ3v) is 6.98. The second-order valence-electron chi connectivity index (χ2n) is 7.93. The Morgan fingerprint density at radius 1 is 1.31 bits per heavy atom. The minimum Gasteiger partial charge on any atom is -0.367 e. The molecule has 29 heavy (non-hydrogen) atoms. The first-order chi connectivity index (χ1) is 14.0. The van der Waals surface area contributed by atoms with Crippen molar-refractivity contribution in [3.8, 4) is 6.07 Å². The number of nitrogens with one attached hydrogen (secondary N) is 1. The van der Waals surface area contributed by atoms with E-state index in [0.717, 1.165) is 24.8 Å². The highest BCUT2D eigenvalue weighted by atomic mass is 32.1. The molecule has 1 amide bonds. The van der Waals surface area contributed by atoms with Gasteiger partial charge in [-0.2, -0.15) is 5.26 Å². The van der Waals surface area contributed by atoms with Gasteiger partial charge in [-0.25, -0.2) is 4.39 Å². The Morgan fingerprint density at radius 3 is 2.79 bits per heavy atom. The van der Waals surface area contributed by atoms with Gasteiger partial charge >= 0.3 is 0 Å². The summed E-state index contributed by atoms with van der Waals surface area (Å²) in [5.74, 6) is 0.327. The zero-order valence-corrected chi connectivity index (χ0v) is 17.4. The van der Waals surface area contributed by atoms with Gasteiger partial charge in [0.05, 0.1) is 17.8 Å². The van der Waals surface area contributed by atoms with Crippen LogP contribution in [0.3, 0.4) is 0 Å². The van der Waals surface area contributed by atoms with Gasteiger partial charge in [0.15, 0.2) is 0 Å². The van der Waals surface area contributed by atoms with Crippen molar-refractivity contribution >= 4 is 27.9 Å². The maximum absolute atomic E-state index is 14.0. The van der Waals surface area contributed by atoms with Crippen molar-refractivity contribution in [2.75, 3.05) is 42.9 Å². The number of nitrogens with zero attached hydrogens (tertiary/aromatic N) is 3. The van der Waals surface area contributed by atoms with Gasteiger partial charge in [-0.05, 0) is 42.9 Å². The minimum absolute atomic E-state index is 0.0903. The summed E-state index contributed by atoms with van der Waals surface area (Å²) in [6, 6.07) is 9.10. The predicted octanol–water partition coefficient (Wildman–Crippen LogP) is 3.64. The first kappa shape index (κ1) is 19.9. The molecule has 1 N–H and O–H groups in total. The van der Waals surface area contributed by atoms with E-state index in [1.54, 1.807) is 23.5 Å². The lowest BCUT2D eigenvalue weighted by atomic mass is 9.89. The van der Waals surface area contributed by atoms with E-state index in [4.69, 9.17) is 0 Å². The average Bonchev–Trinajstić information content (AvgIpc) is 3.04. The molecule has 7 heteroatoms. The molecule has 152 valence electrons. The molecule has 1 aromatic carbocycles. The number of piperazine rings is 1. The van der Waals surface area contributed by atoms with Gasteiger partial charge < -0.3 is 10.2 Å². The molecule has 0 radical (unpaired) electrons. The molecule has 1 saturated heterocycles. The van der Waals surface area contributed by atoms with Crippen LogP contribution in [0.2, 0.25) is 0 Å². The summed E-state index contributed by atoms with van der Waals surface area (Å²) >= 11 is 1.56. The summed E-state index contributed by atoms with van der Waals surface area (Å²) < 4.78 is 14.0. The van der Waals surface area contributed by atoms with E-state index in [0.29, 0.717) is 48.3 Å². The fourth-order valence-electron chi connectivity index (χ4n) is 4.18. The Morgan fingerprint density at radius 2 is 2.07 bits per heavy atom. The number of thiophene rings is 1. The summed E-state index contributed by atoms with van der Waals surface area (Å²) in [6.45, 7) is 5.28. The second kappa shape index (κ2) is 8.52. The summed E-state index contributed by atoms with van der Waals surface area (Å²) in [6.07, 6.45) is 3.00. The number of amides is 1. The fraction of sp³-hybridized carbons (Fsp3) is 0.455. The molecule has 0 bridgehead atoms. The Labute approximate surface area is 174 Å². The molecule has 1 fully saturated rings. The number of carbonyl (C=O) groups excluding carboxylic acids is 1. The first-order valence-electron chi connectivity index (χ1n) is 10.1. The van der Waals surface area contributed by atoms with Crippen molar-refractivity contribution in [2.45, 2.75) is 26.2 Å². The van der Waals surface area contributed by atoms with Crippen molar-refractivity contribution < 1.29 is 9.18 Å². The van der Waals surface area contributed by atoms with Crippen LogP contribution in [0.4, 0.5) is 15.1 Å². The lowest BCUT2D eigenvalue weighted by molar-refractivity contribution is -0.117. The molecule has 2 heterocycles. The smallest absolute Gasteiger partial charge is 0.239 e. The first-order valence-corrected chi connectivity index (χ1v) is 10.9. The van der Waals surface area contributed by atoms with Crippen molar-refractivity contribution in [3.63, 3.8) is 0 Å². The fourth-order valence-corrected chi connectivity index (χ4v) is 5.56. The van der Waals surface area contributed by atoms with Crippen LogP contribution in [0.5, 0.6) is 0 Å². The van der Waals surface area contributed by atoms with Gasteiger partial charge in [0.1, 0.15) is 16.9 Å². The van der Waals surface area contributed by atoms with Crippen LogP contribution in [0.25, 0.3) is 0 Å². The number of hydrogen-bond acceptors (Lipinski definition) is 5. The Hall–Kier alpha value is -2.43. The molecule has 0 saturated carbocycles. The van der Waals surface area contributed by atoms with Gasteiger partial charge in [0, 0.05) is 31.1 Å². The highest BCUT2D eigenvalue weighted by Crippen LogP contribution is 2.39. The molecule has 5 nitrogen and oxygen atoms in total. The summed E-state index contributed by atoms with van der Waals surface area (Å²) in [4.78, 5) is 17.9. The molecular formula is C22H25FN4OS. The largest absolute Gasteiger partial charge is 0.367 e. The number of rotatable bonds is 4. The van der Waals surface area contributed by atoms with Crippen LogP contribution in [0.15, 0.2) is 24.3 Å². The van der Waals surface area contributed by atoms with Crippen LogP contribution in [0.1, 0.15) is 29.3 Å². The van der Waals surface area contributed by atoms with Gasteiger partial charge in [0.25, 0.3) is 0 Å². The zero-order valence-electron chi connectivity index (χ0n) is 16.6. The molecule has 1 aliphatic carbocycles. The SMILES string of the molecule is C[C@H]1CCc2c(sc(NC(=O)CN3CCN(c4ccccc4F)CC3)c2C#N)C1. The topological polar surface area (TPSA) is 59.4 Å². The van der Waals surface area contributed by atoms with E-state index in [1.165, 1.54) is 10.9 Å². The highest BCUT2D eigenvalue weighted by Gasteiger charge is 2.26. The van der Waals surface area contributed by atoms with Gasteiger partial charge in [-0.3, -0.25) is 9.69 Å². The number of carbonyl (C=O) groups is 1. The van der Waals surface area contributed by atoms with E-state index in [2.05, 4.69) is 23.2 Å². The van der Waals surface area contributed by atoms with Crippen molar-refractivity contribution in [3.05, 3.63) is 46.1 Å². The van der Waals surface area contributed by atoms with E-state index < -0.39 is 0 Å². The molecule has 2 aromatic rings. The number of hydrogen-bond donors (Lipinski definition) is 1. The van der Waals surface area contributed by atoms with Crippen LogP contribution in [-0.4, -0.2) is 43.5 Å².